The van der Waals surface area contributed by atoms with Gasteiger partial charge in [-0.3, -0.25) is 4.79 Å². The molecule has 0 radical (unpaired) electrons. The van der Waals surface area contributed by atoms with Gasteiger partial charge in [0.05, 0.1) is 11.4 Å². The Morgan fingerprint density at radius 3 is 2.29 bits per heavy atom. The van der Waals surface area contributed by atoms with Crippen molar-refractivity contribution in [1.29, 1.82) is 0 Å². The summed E-state index contributed by atoms with van der Waals surface area (Å²) in [5.74, 6) is -0.886. The molecule has 2 rings (SSSR count). The van der Waals surface area contributed by atoms with Crippen LogP contribution in [0.25, 0.3) is 0 Å². The Morgan fingerprint density at radius 1 is 1.19 bits per heavy atom. The predicted octanol–water partition coefficient (Wildman–Crippen LogP) is 2.28. The van der Waals surface area contributed by atoms with Crippen LogP contribution >= 0.6 is 23.2 Å². The molecule has 1 heterocycles. The summed E-state index contributed by atoms with van der Waals surface area (Å²) in [4.78, 5) is 24.7. The molecule has 0 aromatic heterocycles. The van der Waals surface area contributed by atoms with E-state index in [1.807, 2.05) is 0 Å². The van der Waals surface area contributed by atoms with E-state index in [1.54, 1.807) is 0 Å². The van der Waals surface area contributed by atoms with E-state index in [9.17, 15) is 18.0 Å². The number of hydrogen-bond donors (Lipinski definition) is 0. The number of carbonyl (C=O) groups is 2. The van der Waals surface area contributed by atoms with Gasteiger partial charge in [0.25, 0.3) is 5.91 Å². The molecular formula is C12H11Cl2NO5S. The molecule has 0 spiro atoms. The molecule has 1 aromatic rings. The average molecular weight is 352 g/mol. The highest BCUT2D eigenvalue weighted by molar-refractivity contribution is 7.90. The van der Waals surface area contributed by atoms with Crippen LogP contribution in [-0.4, -0.2) is 38.5 Å². The van der Waals surface area contributed by atoms with Gasteiger partial charge in [-0.25, -0.2) is 18.1 Å². The fraction of sp³-hybridized carbons (Fsp3) is 0.333. The number of benzene rings is 1. The van der Waals surface area contributed by atoms with Crippen LogP contribution in [0.5, 0.6) is 0 Å². The van der Waals surface area contributed by atoms with Crippen molar-refractivity contribution in [2.75, 3.05) is 16.9 Å². The first-order chi connectivity index (χ1) is 9.67. The second-order valence-corrected chi connectivity index (χ2v) is 7.72. The van der Waals surface area contributed by atoms with E-state index in [2.05, 4.69) is 0 Å². The number of amides is 2. The Bertz CT molecular complexity index is 683. The number of hydrogen-bond acceptors (Lipinski definition) is 5. The largest absolute Gasteiger partial charge is 0.435 e. The van der Waals surface area contributed by atoms with Gasteiger partial charge in [0.1, 0.15) is 9.84 Å². The first-order valence-electron chi connectivity index (χ1n) is 5.86. The zero-order chi connectivity index (χ0) is 15.8. The highest BCUT2D eigenvalue weighted by Gasteiger charge is 2.41. The van der Waals surface area contributed by atoms with Crippen molar-refractivity contribution in [3.63, 3.8) is 0 Å². The number of nitrogens with zero attached hydrogens (tertiary/aromatic N) is 1. The van der Waals surface area contributed by atoms with Gasteiger partial charge in [0, 0.05) is 22.7 Å². The second-order valence-electron chi connectivity index (χ2n) is 4.59. The first kappa shape index (κ1) is 16.1. The molecule has 21 heavy (non-hydrogen) atoms. The van der Waals surface area contributed by atoms with Gasteiger partial charge in [-0.15, -0.1) is 0 Å². The lowest BCUT2D eigenvalue weighted by molar-refractivity contribution is -0.121. The van der Waals surface area contributed by atoms with Crippen LogP contribution in [0.3, 0.4) is 0 Å². The van der Waals surface area contributed by atoms with Crippen molar-refractivity contribution in [1.82, 2.24) is 0 Å². The van der Waals surface area contributed by atoms with Gasteiger partial charge >= 0.3 is 6.09 Å². The van der Waals surface area contributed by atoms with E-state index in [1.165, 1.54) is 18.2 Å². The smallest absolute Gasteiger partial charge is 0.422 e. The van der Waals surface area contributed by atoms with Crippen LogP contribution in [0.2, 0.25) is 10.0 Å². The molecule has 0 saturated carbocycles. The van der Waals surface area contributed by atoms with E-state index in [-0.39, 0.29) is 27.9 Å². The summed E-state index contributed by atoms with van der Waals surface area (Å²) in [6.07, 6.45) is -1.04. The van der Waals surface area contributed by atoms with Crippen molar-refractivity contribution in [3.05, 3.63) is 28.2 Å². The number of imide groups is 1. The van der Waals surface area contributed by atoms with Gasteiger partial charge in [-0.2, -0.15) is 0 Å². The van der Waals surface area contributed by atoms with E-state index >= 15 is 0 Å². The molecule has 0 N–H and O–H groups in total. The Hall–Kier alpha value is -1.31. The van der Waals surface area contributed by atoms with Crippen molar-refractivity contribution in [2.24, 2.45) is 0 Å². The number of anilines is 1. The molecular weight excluding hydrogens is 341 g/mol. The lowest BCUT2D eigenvalue weighted by Crippen LogP contribution is -2.32. The van der Waals surface area contributed by atoms with Gasteiger partial charge in [0.2, 0.25) is 0 Å². The number of halogens is 2. The Kier molecular flexibility index (Phi) is 4.46. The number of rotatable bonds is 4. The molecule has 1 fully saturated rings. The summed E-state index contributed by atoms with van der Waals surface area (Å²) in [5, 5.41) is 0.523. The normalized spacial score (nSPS) is 19.0. The third-order valence-corrected chi connectivity index (χ3v) is 4.19. The fourth-order valence-electron chi connectivity index (χ4n) is 1.86. The van der Waals surface area contributed by atoms with Crippen molar-refractivity contribution < 1.29 is 22.7 Å². The third kappa shape index (κ3) is 3.87. The molecule has 114 valence electrons. The van der Waals surface area contributed by atoms with Crippen LogP contribution in [-0.2, 0) is 19.4 Å². The summed E-state index contributed by atoms with van der Waals surface area (Å²) in [7, 11) is -3.25. The fourth-order valence-corrected chi connectivity index (χ4v) is 3.02. The van der Waals surface area contributed by atoms with Crippen LogP contribution in [0, 0.1) is 0 Å². The minimum absolute atomic E-state index is 0.0891. The van der Waals surface area contributed by atoms with E-state index in [4.69, 9.17) is 27.9 Å². The lowest BCUT2D eigenvalue weighted by atomic mass is 10.2. The maximum Gasteiger partial charge on any atom is 0.422 e. The minimum Gasteiger partial charge on any atom is -0.435 e. The predicted molar refractivity (Wildman–Crippen MR) is 78.5 cm³/mol. The van der Waals surface area contributed by atoms with Crippen LogP contribution in [0.4, 0.5) is 10.5 Å². The van der Waals surface area contributed by atoms with Crippen LogP contribution in [0.15, 0.2) is 18.2 Å². The molecule has 9 heteroatoms. The number of cyclic esters (lactones) is 1. The summed E-state index contributed by atoms with van der Waals surface area (Å²) >= 11 is 11.7. The van der Waals surface area contributed by atoms with Crippen molar-refractivity contribution in [3.8, 4) is 0 Å². The Balaban J connectivity index is 2.22. The Labute approximate surface area is 131 Å². The quantitative estimate of drug-likeness (QED) is 0.831. The third-order valence-electron chi connectivity index (χ3n) is 2.78. The SMILES string of the molecule is CS(=O)(=O)CCC1OC(=O)N(c2cc(Cl)cc(Cl)c2)C1=O. The van der Waals surface area contributed by atoms with Crippen molar-refractivity contribution >= 4 is 50.7 Å². The number of ether oxygens (including phenoxy) is 1. The van der Waals surface area contributed by atoms with E-state index in [0.717, 1.165) is 11.2 Å². The zero-order valence-electron chi connectivity index (χ0n) is 10.9. The summed E-state index contributed by atoms with van der Waals surface area (Å²) in [5.41, 5.74) is 0.185. The first-order valence-corrected chi connectivity index (χ1v) is 8.67. The van der Waals surface area contributed by atoms with E-state index in [0.29, 0.717) is 0 Å². The molecule has 1 aromatic carbocycles. The molecule has 0 bridgehead atoms. The maximum absolute atomic E-state index is 12.2. The maximum atomic E-state index is 12.2. The number of carbonyl (C=O) groups excluding carboxylic acids is 2. The average Bonchev–Trinajstić information content (AvgIpc) is 2.59. The summed E-state index contributed by atoms with van der Waals surface area (Å²) in [6, 6.07) is 4.25. The summed E-state index contributed by atoms with van der Waals surface area (Å²) < 4.78 is 27.1. The topological polar surface area (TPSA) is 80.8 Å². The molecule has 1 unspecified atom stereocenters. The number of sulfone groups is 1. The minimum atomic E-state index is -3.25. The van der Waals surface area contributed by atoms with Crippen LogP contribution < -0.4 is 4.90 Å². The highest BCUT2D eigenvalue weighted by atomic mass is 35.5. The standard InChI is InChI=1S/C12H11Cl2NO5S/c1-21(18,19)3-2-10-11(16)15(12(17)20-10)9-5-7(13)4-8(14)6-9/h4-6,10H,2-3H2,1H3. The van der Waals surface area contributed by atoms with Crippen molar-refractivity contribution in [2.45, 2.75) is 12.5 Å². The van der Waals surface area contributed by atoms with Crippen LogP contribution in [0.1, 0.15) is 6.42 Å². The van der Waals surface area contributed by atoms with Gasteiger partial charge < -0.3 is 4.74 Å². The van der Waals surface area contributed by atoms with E-state index < -0.39 is 27.9 Å². The molecule has 1 aliphatic rings. The van der Waals surface area contributed by atoms with Gasteiger partial charge in [-0.1, -0.05) is 23.2 Å². The molecule has 0 aliphatic carbocycles. The molecule has 6 nitrogen and oxygen atoms in total. The van der Waals surface area contributed by atoms with Gasteiger partial charge in [-0.05, 0) is 18.2 Å². The van der Waals surface area contributed by atoms with Gasteiger partial charge in [0.15, 0.2) is 6.10 Å². The highest BCUT2D eigenvalue weighted by Crippen LogP contribution is 2.29. The lowest BCUT2D eigenvalue weighted by Gasteiger charge is -2.12. The molecule has 1 aliphatic heterocycles. The molecule has 2 amide bonds. The molecule has 1 saturated heterocycles. The summed E-state index contributed by atoms with van der Waals surface area (Å²) in [6.45, 7) is 0. The zero-order valence-corrected chi connectivity index (χ0v) is 13.2. The monoisotopic (exact) mass is 351 g/mol. The second kappa shape index (κ2) is 5.82. The Morgan fingerprint density at radius 2 is 1.76 bits per heavy atom. The molecule has 1 atom stereocenters.